The maximum atomic E-state index is 13.5. The topological polar surface area (TPSA) is 144 Å². The Morgan fingerprint density at radius 1 is 1.07 bits per heavy atom. The number of carbonyl (C=O) groups is 4. The van der Waals surface area contributed by atoms with Gasteiger partial charge in [0.15, 0.2) is 0 Å². The molecule has 1 atom stereocenters. The van der Waals surface area contributed by atoms with Crippen LogP contribution in [0, 0.1) is 0 Å². The minimum absolute atomic E-state index is 0.0484. The van der Waals surface area contributed by atoms with E-state index < -0.39 is 35.1 Å². The Labute approximate surface area is 241 Å². The van der Waals surface area contributed by atoms with E-state index in [2.05, 4.69) is 15.6 Å². The third kappa shape index (κ3) is 7.04. The van der Waals surface area contributed by atoms with Crippen molar-refractivity contribution in [2.24, 2.45) is 5.73 Å². The van der Waals surface area contributed by atoms with Gasteiger partial charge in [0.05, 0.1) is 0 Å². The summed E-state index contributed by atoms with van der Waals surface area (Å²) in [5.74, 6) is -1.14. The lowest BCUT2D eigenvalue weighted by molar-refractivity contribution is -0.133. The quantitative estimate of drug-likeness (QED) is 0.445. The summed E-state index contributed by atoms with van der Waals surface area (Å²) in [5, 5.41) is 5.60. The number of alkyl carbamates (subject to hydrolysis) is 1. The largest absolute Gasteiger partial charge is 0.444 e. The van der Waals surface area contributed by atoms with Gasteiger partial charge in [-0.2, -0.15) is 0 Å². The normalized spacial score (nSPS) is 17.1. The number of ether oxygens (including phenoxy) is 1. The number of benzene rings is 1. The highest BCUT2D eigenvalue weighted by Crippen LogP contribution is 2.30. The third-order valence-corrected chi connectivity index (χ3v) is 7.65. The molecular weight excluding hydrogens is 522 g/mol. The molecule has 1 fully saturated rings. The Hall–Kier alpha value is -3.95. The van der Waals surface area contributed by atoms with Crippen molar-refractivity contribution in [1.29, 1.82) is 0 Å². The minimum Gasteiger partial charge on any atom is -0.444 e. The first-order valence-corrected chi connectivity index (χ1v) is 14.3. The molecule has 2 aliphatic rings. The van der Waals surface area contributed by atoms with Crippen LogP contribution in [-0.2, 0) is 27.3 Å². The fraction of sp³-hybridized carbons (Fsp3) is 0.516. The van der Waals surface area contributed by atoms with Crippen LogP contribution in [0.4, 0.5) is 4.79 Å². The Balaban J connectivity index is 1.46. The lowest BCUT2D eigenvalue weighted by atomic mass is 9.80. The molecule has 0 spiro atoms. The molecule has 0 saturated heterocycles. The molecule has 4 N–H and O–H groups in total. The number of amides is 4. The molecule has 41 heavy (non-hydrogen) atoms. The van der Waals surface area contributed by atoms with E-state index in [4.69, 9.17) is 10.5 Å². The zero-order valence-electron chi connectivity index (χ0n) is 24.6. The molecule has 4 amide bonds. The summed E-state index contributed by atoms with van der Waals surface area (Å²) in [4.78, 5) is 57.3. The van der Waals surface area contributed by atoms with Gasteiger partial charge in [0, 0.05) is 36.3 Å². The van der Waals surface area contributed by atoms with Crippen molar-refractivity contribution < 1.29 is 23.9 Å². The molecule has 10 nitrogen and oxygen atoms in total. The fourth-order valence-corrected chi connectivity index (χ4v) is 5.44. The van der Waals surface area contributed by atoms with E-state index in [-0.39, 0.29) is 18.4 Å². The van der Waals surface area contributed by atoms with Crippen LogP contribution in [0.2, 0.25) is 0 Å². The van der Waals surface area contributed by atoms with Crippen LogP contribution in [-0.4, -0.2) is 56.9 Å². The molecule has 1 aromatic heterocycles. The van der Waals surface area contributed by atoms with Crippen LogP contribution in [0.1, 0.15) is 88.3 Å². The highest BCUT2D eigenvalue weighted by atomic mass is 16.6. The standard InChI is InChI=1S/C31H41N5O5/c1-19(2)36-18-23-16-22(17-33-25(23)27(36)38)21-11-9-20(10-12-21)15-24(26(32)37)34-28(39)31(13-7-6-8-14-31)35-29(40)41-30(3,4)5/h9-12,16-17,19,24H,6-8,13-15,18H2,1-5H3,(H2,32,37)(H,34,39)(H,35,40)/t24-/m0/s1. The third-order valence-electron chi connectivity index (χ3n) is 7.65. The molecule has 1 aromatic carbocycles. The van der Waals surface area contributed by atoms with Gasteiger partial charge in [0.1, 0.15) is 22.9 Å². The predicted octanol–water partition coefficient (Wildman–Crippen LogP) is 3.85. The maximum Gasteiger partial charge on any atom is 0.408 e. The molecule has 2 aromatic rings. The minimum atomic E-state index is -1.16. The van der Waals surface area contributed by atoms with Crippen molar-refractivity contribution in [2.45, 2.75) is 103 Å². The number of aromatic nitrogens is 1. The monoisotopic (exact) mass is 563 g/mol. The Morgan fingerprint density at radius 2 is 1.73 bits per heavy atom. The number of primary amides is 1. The van der Waals surface area contributed by atoms with E-state index >= 15 is 0 Å². The molecule has 0 unspecified atom stereocenters. The Morgan fingerprint density at radius 3 is 2.32 bits per heavy atom. The summed E-state index contributed by atoms with van der Waals surface area (Å²) in [5.41, 5.74) is 7.85. The first kappa shape index (κ1) is 30.0. The molecule has 0 bridgehead atoms. The average Bonchev–Trinajstić information content (AvgIpc) is 3.24. The first-order chi connectivity index (χ1) is 19.3. The highest BCUT2D eigenvalue weighted by molar-refractivity contribution is 5.97. The number of fused-ring (bicyclic) bond motifs is 1. The van der Waals surface area contributed by atoms with Crippen molar-refractivity contribution >= 4 is 23.8 Å². The van der Waals surface area contributed by atoms with Crippen LogP contribution in [0.25, 0.3) is 11.1 Å². The van der Waals surface area contributed by atoms with Gasteiger partial charge in [-0.15, -0.1) is 0 Å². The molecule has 2 heterocycles. The summed E-state index contributed by atoms with van der Waals surface area (Å²) >= 11 is 0. The Bertz CT molecular complexity index is 1310. The van der Waals surface area contributed by atoms with Crippen molar-refractivity contribution in [3.05, 3.63) is 53.3 Å². The second-order valence-electron chi connectivity index (χ2n) is 12.4. The lowest BCUT2D eigenvalue weighted by Crippen LogP contribution is -2.63. The van der Waals surface area contributed by atoms with Gasteiger partial charge in [-0.25, -0.2) is 4.79 Å². The van der Waals surface area contributed by atoms with Crippen molar-refractivity contribution in [3.63, 3.8) is 0 Å². The predicted molar refractivity (Wildman–Crippen MR) is 155 cm³/mol. The van der Waals surface area contributed by atoms with Crippen molar-refractivity contribution in [1.82, 2.24) is 20.5 Å². The summed E-state index contributed by atoms with van der Waals surface area (Å²) in [6.07, 6.45) is 4.64. The van der Waals surface area contributed by atoms with E-state index in [1.54, 1.807) is 31.9 Å². The van der Waals surface area contributed by atoms with E-state index in [0.29, 0.717) is 25.1 Å². The molecule has 1 saturated carbocycles. The maximum absolute atomic E-state index is 13.5. The van der Waals surface area contributed by atoms with Crippen LogP contribution < -0.4 is 16.4 Å². The van der Waals surface area contributed by atoms with E-state index in [0.717, 1.165) is 41.5 Å². The SMILES string of the molecule is CC(C)N1Cc2cc(-c3ccc(C[C@H](NC(=O)C4(NC(=O)OC(C)(C)C)CCCCC4)C(N)=O)cc3)cnc2C1=O. The van der Waals surface area contributed by atoms with Gasteiger partial charge in [-0.05, 0) is 64.7 Å². The van der Waals surface area contributed by atoms with E-state index in [1.807, 2.05) is 44.2 Å². The number of hydrogen-bond acceptors (Lipinski definition) is 6. The Kier molecular flexibility index (Phi) is 8.70. The average molecular weight is 564 g/mol. The number of carbonyl (C=O) groups excluding carboxylic acids is 4. The van der Waals surface area contributed by atoms with Gasteiger partial charge in [0.25, 0.3) is 5.91 Å². The van der Waals surface area contributed by atoms with Gasteiger partial charge in [-0.3, -0.25) is 19.4 Å². The number of rotatable bonds is 8. The molecule has 0 radical (unpaired) electrons. The number of pyridine rings is 1. The van der Waals surface area contributed by atoms with Crippen molar-refractivity contribution in [2.75, 3.05) is 0 Å². The molecule has 10 heteroatoms. The van der Waals surface area contributed by atoms with Gasteiger partial charge in [0.2, 0.25) is 11.8 Å². The van der Waals surface area contributed by atoms with Gasteiger partial charge in [-0.1, -0.05) is 43.5 Å². The second-order valence-corrected chi connectivity index (χ2v) is 12.4. The van der Waals surface area contributed by atoms with Gasteiger partial charge >= 0.3 is 6.09 Å². The molecular formula is C31H41N5O5. The second kappa shape index (κ2) is 11.9. The first-order valence-electron chi connectivity index (χ1n) is 14.3. The number of nitrogens with one attached hydrogen (secondary N) is 2. The summed E-state index contributed by atoms with van der Waals surface area (Å²) in [6.45, 7) is 9.79. The highest BCUT2D eigenvalue weighted by Gasteiger charge is 2.43. The summed E-state index contributed by atoms with van der Waals surface area (Å²) < 4.78 is 5.41. The lowest BCUT2D eigenvalue weighted by Gasteiger charge is -2.37. The zero-order chi connectivity index (χ0) is 29.9. The van der Waals surface area contributed by atoms with Crippen LogP contribution in [0.5, 0.6) is 0 Å². The van der Waals surface area contributed by atoms with E-state index in [1.165, 1.54) is 0 Å². The zero-order valence-corrected chi connectivity index (χ0v) is 24.6. The van der Waals surface area contributed by atoms with Crippen molar-refractivity contribution in [3.8, 4) is 11.1 Å². The number of nitrogens with zero attached hydrogens (tertiary/aromatic N) is 2. The van der Waals surface area contributed by atoms with Crippen LogP contribution in [0.15, 0.2) is 36.5 Å². The fourth-order valence-electron chi connectivity index (χ4n) is 5.44. The molecule has 4 rings (SSSR count). The summed E-state index contributed by atoms with van der Waals surface area (Å²) in [6, 6.07) is 8.73. The molecule has 1 aliphatic carbocycles. The molecule has 220 valence electrons. The molecule has 1 aliphatic heterocycles. The van der Waals surface area contributed by atoms with Crippen LogP contribution >= 0.6 is 0 Å². The van der Waals surface area contributed by atoms with Gasteiger partial charge < -0.3 is 26.0 Å². The smallest absolute Gasteiger partial charge is 0.408 e. The number of nitrogens with two attached hydrogens (primary N) is 1. The summed E-state index contributed by atoms with van der Waals surface area (Å²) in [7, 11) is 0. The van der Waals surface area contributed by atoms with E-state index in [9.17, 15) is 19.2 Å². The van der Waals surface area contributed by atoms with Crippen LogP contribution in [0.3, 0.4) is 0 Å². The number of hydrogen-bond donors (Lipinski definition) is 3.